The van der Waals surface area contributed by atoms with Crippen LogP contribution >= 0.6 is 15.9 Å². The maximum Gasteiger partial charge on any atom is 0.241 e. The Labute approximate surface area is 135 Å². The van der Waals surface area contributed by atoms with E-state index in [4.69, 9.17) is 5.11 Å². The highest BCUT2D eigenvalue weighted by Crippen LogP contribution is 2.27. The highest BCUT2D eigenvalue weighted by Gasteiger charge is 2.27. The monoisotopic (exact) mass is 375 g/mol. The minimum Gasteiger partial charge on any atom is -0.392 e. The average Bonchev–Trinajstić information content (AvgIpc) is 2.63. The van der Waals surface area contributed by atoms with Crippen LogP contribution in [0.2, 0.25) is 0 Å². The van der Waals surface area contributed by atoms with Crippen molar-refractivity contribution in [3.8, 4) is 0 Å². The lowest BCUT2D eigenvalue weighted by Gasteiger charge is -2.23. The van der Waals surface area contributed by atoms with Crippen molar-refractivity contribution in [1.29, 1.82) is 0 Å². The van der Waals surface area contributed by atoms with Crippen LogP contribution < -0.4 is 4.72 Å². The van der Waals surface area contributed by atoms with Gasteiger partial charge in [0.15, 0.2) is 0 Å². The molecule has 0 heterocycles. The van der Waals surface area contributed by atoms with Crippen LogP contribution in [0.5, 0.6) is 0 Å². The molecule has 1 aliphatic rings. The van der Waals surface area contributed by atoms with Gasteiger partial charge in [0.1, 0.15) is 0 Å². The largest absolute Gasteiger partial charge is 0.392 e. The molecule has 2 rings (SSSR count). The first-order valence-electron chi connectivity index (χ1n) is 7.35. The fraction of sp³-hybridized carbons (Fsp3) is 0.600. The molecule has 0 amide bonds. The Hall–Kier alpha value is -0.430. The van der Waals surface area contributed by atoms with Gasteiger partial charge in [-0.3, -0.25) is 0 Å². The second kappa shape index (κ2) is 7.22. The van der Waals surface area contributed by atoms with E-state index < -0.39 is 10.0 Å². The van der Waals surface area contributed by atoms with Crippen molar-refractivity contribution in [2.45, 2.75) is 56.6 Å². The maximum absolute atomic E-state index is 12.6. The normalized spacial score (nSPS) is 23.8. The number of aliphatic hydroxyl groups excluding tert-OH is 1. The van der Waals surface area contributed by atoms with Crippen LogP contribution in [0.25, 0.3) is 0 Å². The first kappa shape index (κ1) is 16.9. The van der Waals surface area contributed by atoms with Gasteiger partial charge >= 0.3 is 0 Å². The van der Waals surface area contributed by atoms with E-state index in [0.717, 1.165) is 19.3 Å². The Kier molecular flexibility index (Phi) is 5.82. The molecule has 0 spiro atoms. The molecule has 0 saturated heterocycles. The Morgan fingerprint density at radius 3 is 2.67 bits per heavy atom. The topological polar surface area (TPSA) is 66.4 Å². The Bertz CT molecular complexity index is 589. The molecule has 1 aromatic rings. The first-order chi connectivity index (χ1) is 9.94. The summed E-state index contributed by atoms with van der Waals surface area (Å²) in [6, 6.07) is 4.82. The zero-order valence-electron chi connectivity index (χ0n) is 12.2. The third-order valence-electron chi connectivity index (χ3n) is 4.14. The number of benzene rings is 1. The molecule has 0 aromatic heterocycles. The van der Waals surface area contributed by atoms with Crippen molar-refractivity contribution in [1.82, 2.24) is 4.72 Å². The van der Waals surface area contributed by atoms with E-state index in [0.29, 0.717) is 16.0 Å². The van der Waals surface area contributed by atoms with Crippen LogP contribution in [-0.4, -0.2) is 19.6 Å². The summed E-state index contributed by atoms with van der Waals surface area (Å²) in [6.45, 7) is 2.01. The third-order valence-corrected chi connectivity index (χ3v) is 6.60. The Morgan fingerprint density at radius 1 is 1.29 bits per heavy atom. The molecular formula is C15H22BrNO3S. The van der Waals surface area contributed by atoms with Crippen LogP contribution in [0.15, 0.2) is 27.6 Å². The maximum atomic E-state index is 12.6. The fourth-order valence-corrected chi connectivity index (χ4v) is 5.30. The first-order valence-corrected chi connectivity index (χ1v) is 9.63. The predicted molar refractivity (Wildman–Crippen MR) is 86.4 cm³/mol. The van der Waals surface area contributed by atoms with E-state index in [2.05, 4.69) is 27.6 Å². The Morgan fingerprint density at radius 2 is 2.00 bits per heavy atom. The summed E-state index contributed by atoms with van der Waals surface area (Å²) >= 11 is 3.29. The minimum absolute atomic E-state index is 0.00178. The van der Waals surface area contributed by atoms with Crippen molar-refractivity contribution >= 4 is 26.0 Å². The standard InChI is InChI=1S/C15H22BrNO3S/c1-11-5-3-2-4-6-14(11)17-21(19,20)15-8-7-12(10-18)9-13(15)16/h7-9,11,14,17-18H,2-6,10H2,1H3. The van der Waals surface area contributed by atoms with Gasteiger partial charge in [-0.15, -0.1) is 0 Å². The van der Waals surface area contributed by atoms with E-state index in [9.17, 15) is 8.42 Å². The molecule has 1 aromatic carbocycles. The highest BCUT2D eigenvalue weighted by molar-refractivity contribution is 9.10. The Balaban J connectivity index is 2.21. The molecule has 4 nitrogen and oxygen atoms in total. The minimum atomic E-state index is -3.54. The van der Waals surface area contributed by atoms with E-state index >= 15 is 0 Å². The zero-order valence-corrected chi connectivity index (χ0v) is 14.6. The number of rotatable bonds is 4. The molecule has 0 aliphatic heterocycles. The molecule has 118 valence electrons. The van der Waals surface area contributed by atoms with Crippen LogP contribution in [0.4, 0.5) is 0 Å². The van der Waals surface area contributed by atoms with E-state index in [1.807, 2.05) is 0 Å². The van der Waals surface area contributed by atoms with Crippen LogP contribution in [0, 0.1) is 5.92 Å². The van der Waals surface area contributed by atoms with E-state index in [-0.39, 0.29) is 17.5 Å². The fourth-order valence-electron chi connectivity index (χ4n) is 2.79. The summed E-state index contributed by atoms with van der Waals surface area (Å²) in [7, 11) is -3.54. The van der Waals surface area contributed by atoms with Crippen LogP contribution in [0.1, 0.15) is 44.6 Å². The molecule has 0 radical (unpaired) electrons. The summed E-state index contributed by atoms with van der Waals surface area (Å²) in [5, 5.41) is 9.10. The molecule has 0 bridgehead atoms. The van der Waals surface area contributed by atoms with Crippen LogP contribution in [-0.2, 0) is 16.6 Å². The number of halogens is 1. The lowest BCUT2D eigenvalue weighted by molar-refractivity contribution is 0.281. The summed E-state index contributed by atoms with van der Waals surface area (Å²) in [5.41, 5.74) is 0.684. The lowest BCUT2D eigenvalue weighted by atomic mass is 9.98. The number of hydrogen-bond donors (Lipinski definition) is 2. The average molecular weight is 376 g/mol. The van der Waals surface area contributed by atoms with Gasteiger partial charge < -0.3 is 5.11 Å². The number of nitrogens with one attached hydrogen (secondary N) is 1. The van der Waals surface area contributed by atoms with Gasteiger partial charge in [-0.2, -0.15) is 0 Å². The third kappa shape index (κ3) is 4.28. The second-order valence-electron chi connectivity index (χ2n) is 5.77. The van der Waals surface area contributed by atoms with Crippen molar-refractivity contribution in [2.24, 2.45) is 5.92 Å². The summed E-state index contributed by atoms with van der Waals surface area (Å²) in [4.78, 5) is 0.233. The van der Waals surface area contributed by atoms with Gasteiger partial charge in [0.25, 0.3) is 0 Å². The molecule has 2 unspecified atom stereocenters. The van der Waals surface area contributed by atoms with Crippen molar-refractivity contribution in [2.75, 3.05) is 0 Å². The molecule has 1 saturated carbocycles. The molecule has 2 N–H and O–H groups in total. The number of sulfonamides is 1. The van der Waals surface area contributed by atoms with Gasteiger partial charge in [-0.25, -0.2) is 13.1 Å². The van der Waals surface area contributed by atoms with Gasteiger partial charge in [-0.1, -0.05) is 32.3 Å². The van der Waals surface area contributed by atoms with Crippen molar-refractivity contribution in [3.63, 3.8) is 0 Å². The summed E-state index contributed by atoms with van der Waals surface area (Å²) in [6.07, 6.45) is 5.39. The molecule has 2 atom stereocenters. The van der Waals surface area contributed by atoms with Crippen molar-refractivity contribution in [3.05, 3.63) is 28.2 Å². The highest BCUT2D eigenvalue weighted by atomic mass is 79.9. The number of hydrogen-bond acceptors (Lipinski definition) is 3. The van der Waals surface area contributed by atoms with Gasteiger partial charge in [-0.05, 0) is 52.4 Å². The molecule has 6 heteroatoms. The quantitative estimate of drug-likeness (QED) is 0.794. The van der Waals surface area contributed by atoms with Gasteiger partial charge in [0.05, 0.1) is 11.5 Å². The number of aliphatic hydroxyl groups is 1. The summed E-state index contributed by atoms with van der Waals surface area (Å²) < 4.78 is 28.5. The van der Waals surface area contributed by atoms with Gasteiger partial charge in [0.2, 0.25) is 10.0 Å². The smallest absolute Gasteiger partial charge is 0.241 e. The SMILES string of the molecule is CC1CCCCCC1NS(=O)(=O)c1ccc(CO)cc1Br. The molecule has 1 aliphatic carbocycles. The lowest BCUT2D eigenvalue weighted by Crippen LogP contribution is -2.38. The molecule has 21 heavy (non-hydrogen) atoms. The predicted octanol–water partition coefficient (Wildman–Crippen LogP) is 3.19. The molecule has 1 fully saturated rings. The van der Waals surface area contributed by atoms with Gasteiger partial charge in [0, 0.05) is 10.5 Å². The second-order valence-corrected chi connectivity index (χ2v) is 8.30. The summed E-state index contributed by atoms with van der Waals surface area (Å²) in [5.74, 6) is 0.359. The van der Waals surface area contributed by atoms with E-state index in [1.165, 1.54) is 12.8 Å². The van der Waals surface area contributed by atoms with E-state index in [1.54, 1.807) is 18.2 Å². The van der Waals surface area contributed by atoms with Crippen LogP contribution in [0.3, 0.4) is 0 Å². The van der Waals surface area contributed by atoms with Crippen molar-refractivity contribution < 1.29 is 13.5 Å². The molecular weight excluding hydrogens is 354 g/mol. The zero-order chi connectivity index (χ0) is 15.5.